The number of aryl methyl sites for hydroxylation is 1. The van der Waals surface area contributed by atoms with Crippen molar-refractivity contribution < 1.29 is 9.53 Å². The molecule has 0 bridgehead atoms. The number of benzene rings is 1. The van der Waals surface area contributed by atoms with E-state index in [0.717, 1.165) is 12.8 Å². The van der Waals surface area contributed by atoms with Gasteiger partial charge in [-0.05, 0) is 30.9 Å². The van der Waals surface area contributed by atoms with Crippen molar-refractivity contribution in [2.75, 3.05) is 13.1 Å². The Bertz CT molecular complexity index is 499. The van der Waals surface area contributed by atoms with Crippen molar-refractivity contribution in [1.82, 2.24) is 5.32 Å². The summed E-state index contributed by atoms with van der Waals surface area (Å²) in [5.41, 5.74) is 7.98. The van der Waals surface area contributed by atoms with Crippen LogP contribution in [0.3, 0.4) is 0 Å². The average Bonchev–Trinajstić information content (AvgIpc) is 2.94. The number of carbonyl (C=O) groups excluding carboxylic acids is 1. The number of ether oxygens (including phenoxy) is 1. The summed E-state index contributed by atoms with van der Waals surface area (Å²) in [5, 5.41) is 3.03. The lowest BCUT2D eigenvalue weighted by atomic mass is 9.82. The number of hydrogen-bond donors (Lipinski definition) is 2. The molecule has 21 heavy (non-hydrogen) atoms. The first-order chi connectivity index (χ1) is 9.94. The van der Waals surface area contributed by atoms with E-state index in [-0.39, 0.29) is 23.5 Å². The molecule has 0 unspecified atom stereocenters. The van der Waals surface area contributed by atoms with Crippen LogP contribution < -0.4 is 11.1 Å². The highest BCUT2D eigenvalue weighted by atomic mass is 16.5. The Labute approximate surface area is 127 Å². The van der Waals surface area contributed by atoms with Gasteiger partial charge >= 0.3 is 0 Å². The first kappa shape index (κ1) is 16.0. The van der Waals surface area contributed by atoms with E-state index in [1.807, 2.05) is 12.1 Å². The van der Waals surface area contributed by atoms with Gasteiger partial charge in [0.1, 0.15) is 6.10 Å². The molecule has 4 heteroatoms. The quantitative estimate of drug-likeness (QED) is 0.870. The molecule has 1 amide bonds. The second-order valence-electron chi connectivity index (χ2n) is 6.48. The molecule has 1 aliphatic heterocycles. The molecule has 2 atom stereocenters. The van der Waals surface area contributed by atoms with Crippen molar-refractivity contribution in [3.8, 4) is 0 Å². The van der Waals surface area contributed by atoms with Gasteiger partial charge in [-0.2, -0.15) is 0 Å². The largest absolute Gasteiger partial charge is 0.364 e. The predicted octanol–water partition coefficient (Wildman–Crippen LogP) is 1.90. The molecule has 4 nitrogen and oxygen atoms in total. The van der Waals surface area contributed by atoms with E-state index in [4.69, 9.17) is 10.5 Å². The van der Waals surface area contributed by atoms with E-state index in [1.54, 1.807) is 0 Å². The molecule has 116 valence electrons. The summed E-state index contributed by atoms with van der Waals surface area (Å²) in [7, 11) is 0. The van der Waals surface area contributed by atoms with Crippen LogP contribution in [0.15, 0.2) is 24.3 Å². The molecule has 0 aliphatic carbocycles. The summed E-state index contributed by atoms with van der Waals surface area (Å²) in [5.74, 6) is -0.0207. The first-order valence-corrected chi connectivity index (χ1v) is 7.63. The standard InChI is InChI=1S/C17H26N2O2/c1-12-6-4-5-7-14(12)17(2,3)11-19-16(20)15-9-8-13(10-18)21-15/h4-7,13,15H,8-11,18H2,1-3H3,(H,19,20)/t13-,15+/m1/s1. The molecule has 1 aromatic carbocycles. The number of nitrogens with one attached hydrogen (secondary N) is 1. The fraction of sp³-hybridized carbons (Fsp3) is 0.588. The zero-order valence-corrected chi connectivity index (χ0v) is 13.2. The van der Waals surface area contributed by atoms with Gasteiger partial charge < -0.3 is 15.8 Å². The van der Waals surface area contributed by atoms with Gasteiger partial charge in [0.25, 0.3) is 0 Å². The van der Waals surface area contributed by atoms with E-state index in [0.29, 0.717) is 13.1 Å². The van der Waals surface area contributed by atoms with Crippen LogP contribution in [-0.4, -0.2) is 31.2 Å². The SMILES string of the molecule is Cc1ccccc1C(C)(C)CNC(=O)[C@@H]1CC[C@H](CN)O1. The van der Waals surface area contributed by atoms with Gasteiger partial charge in [0.05, 0.1) is 6.10 Å². The topological polar surface area (TPSA) is 64.4 Å². The van der Waals surface area contributed by atoms with E-state index < -0.39 is 0 Å². The van der Waals surface area contributed by atoms with Crippen LogP contribution >= 0.6 is 0 Å². The summed E-state index contributed by atoms with van der Waals surface area (Å²) in [6, 6.07) is 8.30. The van der Waals surface area contributed by atoms with Crippen LogP contribution in [0.4, 0.5) is 0 Å². The van der Waals surface area contributed by atoms with Gasteiger partial charge in [-0.15, -0.1) is 0 Å². The van der Waals surface area contributed by atoms with Gasteiger partial charge in [0, 0.05) is 18.5 Å². The normalized spacial score (nSPS) is 22.3. The molecule has 1 heterocycles. The van der Waals surface area contributed by atoms with Gasteiger partial charge in [-0.1, -0.05) is 38.1 Å². The molecule has 0 aromatic heterocycles. The highest BCUT2D eigenvalue weighted by Crippen LogP contribution is 2.26. The summed E-state index contributed by atoms with van der Waals surface area (Å²) in [4.78, 5) is 12.2. The van der Waals surface area contributed by atoms with E-state index in [9.17, 15) is 4.79 Å². The lowest BCUT2D eigenvalue weighted by Crippen LogP contribution is -2.42. The Kier molecular flexibility index (Phi) is 5.01. The van der Waals surface area contributed by atoms with Crippen LogP contribution in [0, 0.1) is 6.92 Å². The van der Waals surface area contributed by atoms with Crippen molar-refractivity contribution in [3.05, 3.63) is 35.4 Å². The number of rotatable bonds is 5. The molecule has 1 fully saturated rings. The van der Waals surface area contributed by atoms with Crippen LogP contribution in [0.25, 0.3) is 0 Å². The van der Waals surface area contributed by atoms with Crippen LogP contribution in [0.2, 0.25) is 0 Å². The van der Waals surface area contributed by atoms with Crippen LogP contribution in [-0.2, 0) is 14.9 Å². The van der Waals surface area contributed by atoms with Crippen molar-refractivity contribution in [1.29, 1.82) is 0 Å². The number of nitrogens with two attached hydrogens (primary N) is 1. The second-order valence-corrected chi connectivity index (χ2v) is 6.48. The maximum Gasteiger partial charge on any atom is 0.249 e. The predicted molar refractivity (Wildman–Crippen MR) is 84.2 cm³/mol. The van der Waals surface area contributed by atoms with Gasteiger partial charge in [0.15, 0.2) is 0 Å². The van der Waals surface area contributed by atoms with Crippen molar-refractivity contribution in [3.63, 3.8) is 0 Å². The summed E-state index contributed by atoms with van der Waals surface area (Å²) in [6.45, 7) is 7.48. The minimum absolute atomic E-state index is 0.0207. The van der Waals surface area contributed by atoms with Gasteiger partial charge in [-0.3, -0.25) is 4.79 Å². The van der Waals surface area contributed by atoms with Crippen molar-refractivity contribution >= 4 is 5.91 Å². The lowest BCUT2D eigenvalue weighted by Gasteiger charge is -2.28. The third kappa shape index (κ3) is 3.83. The summed E-state index contributed by atoms with van der Waals surface area (Å²) >= 11 is 0. The molecular formula is C17H26N2O2. The first-order valence-electron chi connectivity index (χ1n) is 7.63. The number of amides is 1. The Morgan fingerprint density at radius 3 is 2.71 bits per heavy atom. The third-order valence-electron chi connectivity index (χ3n) is 4.24. The molecule has 3 N–H and O–H groups in total. The molecule has 0 spiro atoms. The minimum atomic E-state index is -0.341. The zero-order chi connectivity index (χ0) is 15.5. The monoisotopic (exact) mass is 290 g/mol. The van der Waals surface area contributed by atoms with Crippen molar-refractivity contribution in [2.24, 2.45) is 5.73 Å². The Morgan fingerprint density at radius 2 is 2.10 bits per heavy atom. The van der Waals surface area contributed by atoms with Crippen LogP contribution in [0.5, 0.6) is 0 Å². The highest BCUT2D eigenvalue weighted by Gasteiger charge is 2.31. The van der Waals surface area contributed by atoms with Crippen LogP contribution in [0.1, 0.15) is 37.8 Å². The number of carbonyl (C=O) groups is 1. The molecule has 0 saturated carbocycles. The molecule has 2 rings (SSSR count). The van der Waals surface area contributed by atoms with E-state index >= 15 is 0 Å². The van der Waals surface area contributed by atoms with Crippen molar-refractivity contribution in [2.45, 2.75) is 51.2 Å². The maximum absolute atomic E-state index is 12.2. The second kappa shape index (κ2) is 6.58. The third-order valence-corrected chi connectivity index (χ3v) is 4.24. The minimum Gasteiger partial charge on any atom is -0.364 e. The van der Waals surface area contributed by atoms with E-state index in [2.05, 4.69) is 38.2 Å². The molecule has 1 saturated heterocycles. The van der Waals surface area contributed by atoms with E-state index in [1.165, 1.54) is 11.1 Å². The molecule has 0 radical (unpaired) electrons. The Morgan fingerprint density at radius 1 is 1.38 bits per heavy atom. The van der Waals surface area contributed by atoms with Gasteiger partial charge in [0.2, 0.25) is 5.91 Å². The Hall–Kier alpha value is -1.39. The molecular weight excluding hydrogens is 264 g/mol. The highest BCUT2D eigenvalue weighted by molar-refractivity contribution is 5.81. The molecule has 1 aromatic rings. The fourth-order valence-corrected chi connectivity index (χ4v) is 2.92. The average molecular weight is 290 g/mol. The Balaban J connectivity index is 1.93. The summed E-state index contributed by atoms with van der Waals surface area (Å²) < 4.78 is 5.63. The number of hydrogen-bond acceptors (Lipinski definition) is 3. The molecule has 1 aliphatic rings. The fourth-order valence-electron chi connectivity index (χ4n) is 2.92. The smallest absolute Gasteiger partial charge is 0.249 e. The summed E-state index contributed by atoms with van der Waals surface area (Å²) in [6.07, 6.45) is 1.32. The zero-order valence-electron chi connectivity index (χ0n) is 13.2. The van der Waals surface area contributed by atoms with Gasteiger partial charge in [-0.25, -0.2) is 0 Å². The lowest BCUT2D eigenvalue weighted by molar-refractivity contribution is -0.132. The maximum atomic E-state index is 12.2.